The highest BCUT2D eigenvalue weighted by molar-refractivity contribution is 9.11. The number of H-pyrrole nitrogens is 1. The third-order valence-corrected chi connectivity index (χ3v) is 5.55. The second kappa shape index (κ2) is 5.68. The lowest BCUT2D eigenvalue weighted by molar-refractivity contribution is 0.381. The predicted molar refractivity (Wildman–Crippen MR) is 87.7 cm³/mol. The number of halogens is 7. The molecule has 2 aromatic carbocycles. The van der Waals surface area contributed by atoms with Crippen molar-refractivity contribution in [2.75, 3.05) is 0 Å². The molecule has 0 bridgehead atoms. The Morgan fingerprint density at radius 2 is 1.24 bits per heavy atom. The minimum absolute atomic E-state index is 0.164. The Hall–Kier alpha value is -1.66. The highest BCUT2D eigenvalue weighted by Crippen LogP contribution is 2.39. The van der Waals surface area contributed by atoms with E-state index in [-0.39, 0.29) is 11.0 Å². The lowest BCUT2D eigenvalue weighted by atomic mass is 10.1. The summed E-state index contributed by atoms with van der Waals surface area (Å²) in [4.78, 5) is 7.87. The highest BCUT2D eigenvalue weighted by Gasteiger charge is 2.29. The number of nitrogens with zero attached hydrogens (tertiary/aromatic N) is 3. The van der Waals surface area contributed by atoms with Crippen LogP contribution in [-0.4, -0.2) is 18.7 Å². The van der Waals surface area contributed by atoms with Crippen LogP contribution in [0.1, 0.15) is 0 Å². The third-order valence-electron chi connectivity index (χ3n) is 3.46. The van der Waals surface area contributed by atoms with Gasteiger partial charge in [0.15, 0.2) is 29.1 Å². The van der Waals surface area contributed by atoms with Gasteiger partial charge in [0, 0.05) is 11.7 Å². The summed E-state index contributed by atoms with van der Waals surface area (Å²) in [7, 11) is 0. The van der Waals surface area contributed by atoms with Crippen LogP contribution in [0.2, 0.25) is 0 Å². The molecule has 0 amide bonds. The van der Waals surface area contributed by atoms with Crippen molar-refractivity contribution in [2.45, 2.75) is 0 Å². The Labute approximate surface area is 155 Å². The second-order valence-corrected chi connectivity index (χ2v) is 6.98. The first-order chi connectivity index (χ1) is 11.8. The van der Waals surface area contributed by atoms with Crippen molar-refractivity contribution >= 4 is 65.7 Å². The maximum atomic E-state index is 14.0. The molecule has 0 aliphatic rings. The largest absolute Gasteiger partial charge is 0.292 e. The normalized spacial score (nSPS) is 11.8. The zero-order valence-corrected chi connectivity index (χ0v) is 15.4. The number of fused-ring (bicyclic) bond motifs is 2. The number of imidazole rings is 1. The summed E-state index contributed by atoms with van der Waals surface area (Å²) in [6.45, 7) is 0. The first-order valence-electron chi connectivity index (χ1n) is 6.33. The highest BCUT2D eigenvalue weighted by atomic mass is 79.9. The molecule has 0 atom stereocenters. The zero-order valence-electron chi connectivity index (χ0n) is 11.4. The van der Waals surface area contributed by atoms with E-state index in [9.17, 15) is 22.0 Å². The molecule has 0 aliphatic heterocycles. The van der Waals surface area contributed by atoms with Gasteiger partial charge in [0.1, 0.15) is 16.6 Å². The second-order valence-electron chi connectivity index (χ2n) is 4.83. The van der Waals surface area contributed by atoms with Crippen molar-refractivity contribution < 1.29 is 22.0 Å². The summed E-state index contributed by atoms with van der Waals surface area (Å²) < 4.78 is 75.8. The molecular formula is C13HBr2F5N4S. The molecular weight excluding hydrogens is 499 g/mol. The van der Waals surface area contributed by atoms with Gasteiger partial charge in [-0.1, -0.05) is 0 Å². The van der Waals surface area contributed by atoms with Crippen LogP contribution in [0.4, 0.5) is 22.0 Å². The van der Waals surface area contributed by atoms with Crippen LogP contribution in [-0.2, 0) is 0 Å². The average molecular weight is 500 g/mol. The number of aromatic nitrogens is 4. The number of nitrogens with one attached hydrogen (secondary N) is 1. The molecule has 0 fully saturated rings. The number of hydrogen-bond donors (Lipinski definition) is 1. The lowest BCUT2D eigenvalue weighted by Gasteiger charge is -2.04. The minimum atomic E-state index is -2.24. The Kier molecular flexibility index (Phi) is 3.81. The van der Waals surface area contributed by atoms with E-state index in [0.29, 0.717) is 20.0 Å². The Balaban J connectivity index is 2.11. The molecule has 0 unspecified atom stereocenters. The number of rotatable bonds is 1. The van der Waals surface area contributed by atoms with E-state index >= 15 is 0 Å². The molecule has 1 N–H and O–H groups in total. The molecule has 0 aliphatic carbocycles. The molecule has 4 nitrogen and oxygen atoms in total. The minimum Gasteiger partial charge on any atom is -0.292 e. The van der Waals surface area contributed by atoms with Crippen molar-refractivity contribution in [3.05, 3.63) is 38.0 Å². The van der Waals surface area contributed by atoms with Gasteiger partial charge in [-0.15, -0.1) is 0 Å². The van der Waals surface area contributed by atoms with E-state index in [1.165, 1.54) is 0 Å². The van der Waals surface area contributed by atoms with Gasteiger partial charge in [0.25, 0.3) is 0 Å². The summed E-state index contributed by atoms with van der Waals surface area (Å²) in [5, 5.41) is 0. The summed E-state index contributed by atoms with van der Waals surface area (Å²) in [6.07, 6.45) is 0. The fourth-order valence-electron chi connectivity index (χ4n) is 2.30. The van der Waals surface area contributed by atoms with E-state index in [4.69, 9.17) is 0 Å². The monoisotopic (exact) mass is 498 g/mol. The summed E-state index contributed by atoms with van der Waals surface area (Å²) >= 11 is 7.59. The first-order valence-corrected chi connectivity index (χ1v) is 8.69. The molecule has 2 heterocycles. The van der Waals surface area contributed by atoms with Crippen LogP contribution in [0, 0.1) is 29.1 Å². The number of hydrogen-bond acceptors (Lipinski definition) is 4. The quantitative estimate of drug-likeness (QED) is 0.215. The molecule has 0 radical (unpaired) electrons. The fraction of sp³-hybridized carbons (Fsp3) is 0. The van der Waals surface area contributed by atoms with Crippen LogP contribution in [0.25, 0.3) is 33.5 Å². The van der Waals surface area contributed by atoms with Crippen LogP contribution < -0.4 is 0 Å². The van der Waals surface area contributed by atoms with E-state index in [1.807, 2.05) is 0 Å². The molecule has 0 saturated carbocycles. The van der Waals surface area contributed by atoms with E-state index in [1.54, 1.807) is 0 Å². The SMILES string of the molecule is Fc1c(F)c(F)c(-c2nc3c(Br)c4ns[nH]c4c(Br)c3n2)c(F)c1F. The van der Waals surface area contributed by atoms with Crippen LogP contribution in [0.3, 0.4) is 0 Å². The maximum absolute atomic E-state index is 14.0. The maximum Gasteiger partial charge on any atom is 0.200 e. The van der Waals surface area contributed by atoms with Gasteiger partial charge in [-0.25, -0.2) is 31.9 Å². The van der Waals surface area contributed by atoms with Gasteiger partial charge in [0.2, 0.25) is 5.82 Å². The average Bonchev–Trinajstić information content (AvgIpc) is 3.24. The molecule has 0 saturated heterocycles. The zero-order chi connectivity index (χ0) is 18.0. The standard InChI is InChI=1S/C13HBr2F5N4S/c14-2-9-10(3(15)12-11(2)23-25-24-12)22-13(21-9)1-4(16)6(18)8(20)7(19)5(1)17/h23H. The van der Waals surface area contributed by atoms with Gasteiger partial charge in [-0.3, -0.25) is 4.37 Å². The molecule has 4 rings (SSSR count). The van der Waals surface area contributed by atoms with Gasteiger partial charge < -0.3 is 0 Å². The van der Waals surface area contributed by atoms with E-state index in [0.717, 1.165) is 11.7 Å². The van der Waals surface area contributed by atoms with Gasteiger partial charge >= 0.3 is 0 Å². The molecule has 0 spiro atoms. The smallest absolute Gasteiger partial charge is 0.200 e. The van der Waals surface area contributed by atoms with Crippen LogP contribution in [0.15, 0.2) is 8.95 Å². The van der Waals surface area contributed by atoms with Crippen molar-refractivity contribution in [1.29, 1.82) is 0 Å². The Morgan fingerprint density at radius 1 is 0.720 bits per heavy atom. The summed E-state index contributed by atoms with van der Waals surface area (Å²) in [5.41, 5.74) is 0.180. The van der Waals surface area contributed by atoms with Gasteiger partial charge in [-0.2, -0.15) is 4.37 Å². The lowest BCUT2D eigenvalue weighted by Crippen LogP contribution is -2.04. The van der Waals surface area contributed by atoms with Crippen LogP contribution in [0.5, 0.6) is 0 Å². The van der Waals surface area contributed by atoms with Crippen LogP contribution >= 0.6 is 43.6 Å². The number of aromatic amines is 1. The predicted octanol–water partition coefficient (Wildman–Crippen LogP) is 5.46. The number of benzene rings is 2. The van der Waals surface area contributed by atoms with Gasteiger partial charge in [-0.05, 0) is 31.9 Å². The summed E-state index contributed by atoms with van der Waals surface area (Å²) in [5.74, 6) is -11.0. The first kappa shape index (κ1) is 16.8. The molecule has 25 heavy (non-hydrogen) atoms. The van der Waals surface area contributed by atoms with Crippen molar-refractivity contribution in [1.82, 2.24) is 18.7 Å². The Morgan fingerprint density at radius 3 is 1.84 bits per heavy atom. The van der Waals surface area contributed by atoms with E-state index in [2.05, 4.69) is 50.6 Å². The van der Waals surface area contributed by atoms with Crippen molar-refractivity contribution in [2.24, 2.45) is 0 Å². The van der Waals surface area contributed by atoms with E-state index < -0.39 is 40.5 Å². The Bertz CT molecular complexity index is 1110. The van der Waals surface area contributed by atoms with Crippen molar-refractivity contribution in [3.63, 3.8) is 0 Å². The molecule has 4 aromatic rings. The summed E-state index contributed by atoms with van der Waals surface area (Å²) in [6, 6.07) is 0. The molecule has 2 aromatic heterocycles. The van der Waals surface area contributed by atoms with Gasteiger partial charge in [0.05, 0.1) is 20.0 Å². The van der Waals surface area contributed by atoms with Crippen molar-refractivity contribution in [3.8, 4) is 11.4 Å². The third kappa shape index (κ3) is 2.23. The topological polar surface area (TPSA) is 54.5 Å². The molecule has 12 heteroatoms. The molecule has 128 valence electrons. The fourth-order valence-corrected chi connectivity index (χ4v) is 4.28.